The number of nitroso groups, excluding NO2 is 1. The third-order valence-corrected chi connectivity index (χ3v) is 4.13. The maximum absolute atomic E-state index is 11.8. The fourth-order valence-corrected chi connectivity index (χ4v) is 2.65. The summed E-state index contributed by atoms with van der Waals surface area (Å²) in [6.45, 7) is 4.75. The van der Waals surface area contributed by atoms with Crippen LogP contribution < -0.4 is 16.8 Å². The summed E-state index contributed by atoms with van der Waals surface area (Å²) in [6, 6.07) is 0. The van der Waals surface area contributed by atoms with Crippen LogP contribution in [0.5, 0.6) is 0 Å². The molecule has 2 aliphatic rings. The van der Waals surface area contributed by atoms with Crippen molar-refractivity contribution in [3.63, 3.8) is 0 Å². The van der Waals surface area contributed by atoms with Gasteiger partial charge < -0.3 is 15.8 Å². The molecule has 2 heterocycles. The first kappa shape index (κ1) is 12.9. The summed E-state index contributed by atoms with van der Waals surface area (Å²) in [5.41, 5.74) is 6.64. The molecule has 0 spiro atoms. The molecule has 2 aliphatic heterocycles. The van der Waals surface area contributed by atoms with Gasteiger partial charge in [-0.2, -0.15) is 0 Å². The van der Waals surface area contributed by atoms with E-state index in [4.69, 9.17) is 16.2 Å². The van der Waals surface area contributed by atoms with Crippen molar-refractivity contribution in [2.45, 2.75) is 37.7 Å². The highest BCUT2D eigenvalue weighted by Gasteiger charge is 2.84. The molecule has 18 heavy (non-hydrogen) atoms. The number of hydrogen-bond acceptors (Lipinski definition) is 7. The van der Waals surface area contributed by atoms with Crippen LogP contribution >= 0.6 is 0 Å². The Morgan fingerprint density at radius 1 is 1.50 bits per heavy atom. The molecule has 1 amide bonds. The Morgan fingerprint density at radius 2 is 2.06 bits per heavy atom. The Bertz CT molecular complexity index is 453. The predicted octanol–water partition coefficient (Wildman–Crippen LogP) is -1.22. The second-order valence-corrected chi connectivity index (χ2v) is 5.21. The average molecular weight is 256 g/mol. The molecule has 2 fully saturated rings. The van der Waals surface area contributed by atoms with Gasteiger partial charge in [-0.3, -0.25) is 10.5 Å². The Kier molecular flexibility index (Phi) is 2.34. The van der Waals surface area contributed by atoms with E-state index >= 15 is 0 Å². The fourth-order valence-electron chi connectivity index (χ4n) is 2.65. The van der Waals surface area contributed by atoms with Crippen LogP contribution in [0.3, 0.4) is 0 Å². The Balaban J connectivity index is 2.62. The molecular formula is C10H16N4O4. The highest BCUT2D eigenvalue weighted by molar-refractivity contribution is 6.02. The first-order chi connectivity index (χ1) is 8.17. The monoisotopic (exact) mass is 256 g/mol. The van der Waals surface area contributed by atoms with Gasteiger partial charge in [-0.25, -0.2) is 4.79 Å². The van der Waals surface area contributed by atoms with Gasteiger partial charge in [-0.15, -0.1) is 4.91 Å². The smallest absolute Gasteiger partial charge is 0.343 e. The molecule has 5 N–H and O–H groups in total. The molecule has 0 saturated carbocycles. The number of nitrogens with two attached hydrogens (primary N) is 2. The molecule has 0 radical (unpaired) electrons. The van der Waals surface area contributed by atoms with Gasteiger partial charge in [-0.05, 0) is 18.0 Å². The molecule has 0 aromatic carbocycles. The third-order valence-electron chi connectivity index (χ3n) is 4.13. The summed E-state index contributed by atoms with van der Waals surface area (Å²) in [4.78, 5) is 34.7. The molecule has 0 aliphatic carbocycles. The van der Waals surface area contributed by atoms with Crippen LogP contribution in [0.1, 0.15) is 20.8 Å². The summed E-state index contributed by atoms with van der Waals surface area (Å²) in [6.07, 6.45) is 0. The molecule has 2 rings (SSSR count). The van der Waals surface area contributed by atoms with E-state index in [9.17, 15) is 14.5 Å². The number of carbonyl (C=O) groups is 2. The normalized spacial score (nSPS) is 41.6. The van der Waals surface area contributed by atoms with Crippen molar-refractivity contribution >= 4 is 11.9 Å². The van der Waals surface area contributed by atoms with Crippen LogP contribution in [-0.4, -0.2) is 28.8 Å². The van der Waals surface area contributed by atoms with Crippen molar-refractivity contribution in [1.82, 2.24) is 5.32 Å². The minimum atomic E-state index is -1.85. The molecule has 8 heteroatoms. The first-order valence-electron chi connectivity index (χ1n) is 5.65. The van der Waals surface area contributed by atoms with Crippen molar-refractivity contribution in [3.8, 4) is 0 Å². The van der Waals surface area contributed by atoms with Crippen molar-refractivity contribution in [2.24, 2.45) is 28.5 Å². The number of carbonyl (C=O) groups excluding carboxylic acids is 2. The lowest BCUT2D eigenvalue weighted by atomic mass is 9.66. The zero-order valence-electron chi connectivity index (χ0n) is 10.4. The predicted molar refractivity (Wildman–Crippen MR) is 60.6 cm³/mol. The van der Waals surface area contributed by atoms with E-state index in [1.165, 1.54) is 6.92 Å². The van der Waals surface area contributed by atoms with E-state index in [2.05, 4.69) is 10.5 Å². The maximum atomic E-state index is 11.8. The Hall–Kier alpha value is -1.54. The number of nitrogens with zero attached hydrogens (tertiary/aromatic N) is 1. The standard InChI is InChI=1S/C10H16N4O4/c1-4(2)9(11,14-17)8-7(16)18-10(8,12)5(3)6(15)13-8/h4-5H,11-12H2,1-3H3,(H,13,15)/t5-,8+,9-,10-/m0/s1. The second-order valence-electron chi connectivity index (χ2n) is 5.21. The van der Waals surface area contributed by atoms with Crippen LogP contribution in [0, 0.1) is 16.7 Å². The summed E-state index contributed by atoms with van der Waals surface area (Å²) >= 11 is 0. The molecule has 2 saturated heterocycles. The number of esters is 1. The lowest BCUT2D eigenvalue weighted by Crippen LogP contribution is -2.89. The van der Waals surface area contributed by atoms with Gasteiger partial charge in [0.15, 0.2) is 5.66 Å². The van der Waals surface area contributed by atoms with Gasteiger partial charge in [0, 0.05) is 0 Å². The quantitative estimate of drug-likeness (QED) is 0.427. The van der Waals surface area contributed by atoms with Gasteiger partial charge in [0.25, 0.3) is 0 Å². The number of fused-ring (bicyclic) bond motifs is 1. The SMILES string of the molecule is CC(C)[C@](N)(N=O)[C@@]12NC(=O)[C@H](C)[C@]1(N)OC2=O. The molecular weight excluding hydrogens is 240 g/mol. The topological polar surface area (TPSA) is 137 Å². The molecule has 8 nitrogen and oxygen atoms in total. The van der Waals surface area contributed by atoms with E-state index < -0.39 is 40.6 Å². The molecule has 0 aromatic heterocycles. The number of amides is 1. The molecule has 0 unspecified atom stereocenters. The summed E-state index contributed by atoms with van der Waals surface area (Å²) in [7, 11) is 0. The lowest BCUT2D eigenvalue weighted by molar-refractivity contribution is -0.236. The summed E-state index contributed by atoms with van der Waals surface area (Å²) < 4.78 is 4.91. The van der Waals surface area contributed by atoms with E-state index in [1.54, 1.807) is 13.8 Å². The molecule has 100 valence electrons. The first-order valence-corrected chi connectivity index (χ1v) is 5.65. The highest BCUT2D eigenvalue weighted by Crippen LogP contribution is 2.52. The second kappa shape index (κ2) is 3.27. The van der Waals surface area contributed by atoms with Crippen LogP contribution in [0.4, 0.5) is 0 Å². The van der Waals surface area contributed by atoms with Gasteiger partial charge >= 0.3 is 5.97 Å². The van der Waals surface area contributed by atoms with Gasteiger partial charge in [0.1, 0.15) is 0 Å². The average Bonchev–Trinajstić information content (AvgIpc) is 2.46. The van der Waals surface area contributed by atoms with Crippen LogP contribution in [0.25, 0.3) is 0 Å². The van der Waals surface area contributed by atoms with Crippen molar-refractivity contribution in [3.05, 3.63) is 4.91 Å². The maximum Gasteiger partial charge on any atom is 0.343 e. The Labute approximate surface area is 103 Å². The number of ether oxygens (including phenoxy) is 1. The summed E-state index contributed by atoms with van der Waals surface area (Å²) in [5.74, 6) is -2.60. The third kappa shape index (κ3) is 0.989. The molecule has 0 bridgehead atoms. The number of nitrogens with one attached hydrogen (secondary N) is 1. The molecule has 4 atom stereocenters. The van der Waals surface area contributed by atoms with Crippen LogP contribution in [0.2, 0.25) is 0 Å². The lowest BCUT2D eigenvalue weighted by Gasteiger charge is -2.56. The van der Waals surface area contributed by atoms with Crippen molar-refractivity contribution < 1.29 is 14.3 Å². The minimum absolute atomic E-state index is 0.484. The zero-order valence-corrected chi connectivity index (χ0v) is 10.4. The molecule has 0 aromatic rings. The Morgan fingerprint density at radius 3 is 2.39 bits per heavy atom. The zero-order chi connectivity index (χ0) is 13.9. The number of hydrogen-bond donors (Lipinski definition) is 3. The van der Waals surface area contributed by atoms with Crippen LogP contribution in [-0.2, 0) is 14.3 Å². The van der Waals surface area contributed by atoms with E-state index in [0.29, 0.717) is 0 Å². The van der Waals surface area contributed by atoms with Gasteiger partial charge in [0.2, 0.25) is 17.2 Å². The highest BCUT2D eigenvalue weighted by atomic mass is 16.6. The minimum Gasteiger partial charge on any atom is -0.438 e. The fraction of sp³-hybridized carbons (Fsp3) is 0.800. The van der Waals surface area contributed by atoms with E-state index in [-0.39, 0.29) is 0 Å². The largest absolute Gasteiger partial charge is 0.438 e. The van der Waals surface area contributed by atoms with Crippen molar-refractivity contribution in [1.29, 1.82) is 0 Å². The summed E-state index contributed by atoms with van der Waals surface area (Å²) in [5, 5.41) is 5.29. The van der Waals surface area contributed by atoms with E-state index in [1.807, 2.05) is 0 Å². The van der Waals surface area contributed by atoms with E-state index in [0.717, 1.165) is 0 Å². The van der Waals surface area contributed by atoms with Crippen LogP contribution in [0.15, 0.2) is 5.18 Å². The van der Waals surface area contributed by atoms with Gasteiger partial charge in [0.05, 0.1) is 5.92 Å². The van der Waals surface area contributed by atoms with Crippen molar-refractivity contribution in [2.75, 3.05) is 0 Å². The van der Waals surface area contributed by atoms with Gasteiger partial charge in [-0.1, -0.05) is 13.8 Å². The number of rotatable bonds is 3.